The highest BCUT2D eigenvalue weighted by atomic mass is 32.2. The van der Waals surface area contributed by atoms with Crippen molar-refractivity contribution < 1.29 is 18.0 Å². The van der Waals surface area contributed by atoms with Crippen LogP contribution in [0, 0.1) is 20.8 Å². The van der Waals surface area contributed by atoms with E-state index in [1.165, 1.54) is 17.0 Å². The van der Waals surface area contributed by atoms with Crippen LogP contribution in [0.15, 0.2) is 42.5 Å². The molecule has 38 heavy (non-hydrogen) atoms. The molecule has 208 valence electrons. The SMILES string of the molecule is Cc1ccc(CN(C(=O)CCCN(c2cccc(C)c2C)S(C)(=O)=O)[C@H](C)C(=O)NC2CCCCC2)cc1. The smallest absolute Gasteiger partial charge is 0.242 e. The molecule has 0 aliphatic heterocycles. The maximum atomic E-state index is 13.5. The highest BCUT2D eigenvalue weighted by Crippen LogP contribution is 2.26. The number of benzene rings is 2. The van der Waals surface area contributed by atoms with Gasteiger partial charge in [0.1, 0.15) is 6.04 Å². The van der Waals surface area contributed by atoms with Gasteiger partial charge in [-0.2, -0.15) is 0 Å². The molecule has 1 saturated carbocycles. The van der Waals surface area contributed by atoms with Gasteiger partial charge in [0.05, 0.1) is 11.9 Å². The van der Waals surface area contributed by atoms with Gasteiger partial charge in [0.25, 0.3) is 0 Å². The summed E-state index contributed by atoms with van der Waals surface area (Å²) < 4.78 is 26.7. The molecule has 0 unspecified atom stereocenters. The lowest BCUT2D eigenvalue weighted by Crippen LogP contribution is -2.50. The van der Waals surface area contributed by atoms with Crippen LogP contribution in [0.1, 0.15) is 74.1 Å². The zero-order valence-corrected chi connectivity index (χ0v) is 24.3. The van der Waals surface area contributed by atoms with Crippen molar-refractivity contribution in [1.29, 1.82) is 0 Å². The van der Waals surface area contributed by atoms with E-state index in [4.69, 9.17) is 0 Å². The second kappa shape index (κ2) is 13.3. The minimum atomic E-state index is -3.53. The summed E-state index contributed by atoms with van der Waals surface area (Å²) in [5.41, 5.74) is 4.63. The van der Waals surface area contributed by atoms with Crippen LogP contribution in [0.3, 0.4) is 0 Å². The summed E-state index contributed by atoms with van der Waals surface area (Å²) in [6.45, 7) is 8.16. The lowest BCUT2D eigenvalue weighted by molar-refractivity contribution is -0.141. The summed E-state index contributed by atoms with van der Waals surface area (Å²) in [5.74, 6) is -0.295. The van der Waals surface area contributed by atoms with E-state index in [-0.39, 0.29) is 30.8 Å². The second-order valence-electron chi connectivity index (χ2n) is 10.7. The molecule has 0 radical (unpaired) electrons. The highest BCUT2D eigenvalue weighted by Gasteiger charge is 2.28. The molecule has 1 atom stereocenters. The zero-order valence-electron chi connectivity index (χ0n) is 23.5. The second-order valence-corrected chi connectivity index (χ2v) is 12.6. The summed E-state index contributed by atoms with van der Waals surface area (Å²) in [4.78, 5) is 28.3. The van der Waals surface area contributed by atoms with Gasteiger partial charge in [0, 0.05) is 25.6 Å². The Labute approximate surface area is 228 Å². The fourth-order valence-corrected chi connectivity index (χ4v) is 6.05. The van der Waals surface area contributed by atoms with Gasteiger partial charge in [-0.3, -0.25) is 13.9 Å². The molecule has 2 amide bonds. The average molecular weight is 542 g/mol. The van der Waals surface area contributed by atoms with Crippen molar-refractivity contribution in [3.63, 3.8) is 0 Å². The summed E-state index contributed by atoms with van der Waals surface area (Å²) in [7, 11) is -3.53. The molecular formula is C30H43N3O4S. The van der Waals surface area contributed by atoms with Crippen molar-refractivity contribution >= 4 is 27.5 Å². The summed E-state index contributed by atoms with van der Waals surface area (Å²) >= 11 is 0. The number of sulfonamides is 1. The maximum absolute atomic E-state index is 13.5. The Balaban J connectivity index is 1.73. The Morgan fingerprint density at radius 3 is 2.29 bits per heavy atom. The maximum Gasteiger partial charge on any atom is 0.242 e. The largest absolute Gasteiger partial charge is 0.352 e. The van der Waals surface area contributed by atoms with E-state index in [2.05, 4.69) is 5.32 Å². The molecule has 2 aromatic carbocycles. The molecule has 0 aromatic heterocycles. The molecule has 2 aromatic rings. The van der Waals surface area contributed by atoms with Crippen LogP contribution in [0.2, 0.25) is 0 Å². The van der Waals surface area contributed by atoms with Crippen LogP contribution >= 0.6 is 0 Å². The molecule has 0 saturated heterocycles. The van der Waals surface area contributed by atoms with Crippen molar-refractivity contribution in [3.8, 4) is 0 Å². The Bertz CT molecular complexity index is 1200. The molecule has 0 bridgehead atoms. The molecule has 8 heteroatoms. The molecule has 7 nitrogen and oxygen atoms in total. The summed E-state index contributed by atoms with van der Waals surface area (Å²) in [6, 6.07) is 13.1. The number of hydrogen-bond acceptors (Lipinski definition) is 4. The quantitative estimate of drug-likeness (QED) is 0.433. The van der Waals surface area contributed by atoms with E-state index in [0.29, 0.717) is 18.7 Å². The lowest BCUT2D eigenvalue weighted by Gasteiger charge is -2.31. The summed E-state index contributed by atoms with van der Waals surface area (Å²) in [5, 5.41) is 3.16. The molecule has 3 rings (SSSR count). The van der Waals surface area contributed by atoms with Crippen LogP contribution in [-0.2, 0) is 26.2 Å². The van der Waals surface area contributed by atoms with E-state index in [1.54, 1.807) is 17.9 Å². The normalized spacial score (nSPS) is 15.1. The summed E-state index contributed by atoms with van der Waals surface area (Å²) in [6.07, 6.45) is 7.06. The van der Waals surface area contributed by atoms with Gasteiger partial charge >= 0.3 is 0 Å². The molecule has 0 spiro atoms. The number of aryl methyl sites for hydroxylation is 2. The zero-order chi connectivity index (χ0) is 27.9. The number of nitrogens with one attached hydrogen (secondary N) is 1. The molecule has 1 aliphatic rings. The molecular weight excluding hydrogens is 498 g/mol. The number of nitrogens with zero attached hydrogens (tertiary/aromatic N) is 2. The minimum absolute atomic E-state index is 0.134. The Kier molecular flexibility index (Phi) is 10.4. The van der Waals surface area contributed by atoms with E-state index in [0.717, 1.165) is 47.9 Å². The van der Waals surface area contributed by atoms with Crippen molar-refractivity contribution in [1.82, 2.24) is 10.2 Å². The van der Waals surface area contributed by atoms with Crippen LogP contribution in [-0.4, -0.2) is 50.0 Å². The Hall–Kier alpha value is -2.87. The van der Waals surface area contributed by atoms with Gasteiger partial charge in [0.15, 0.2) is 0 Å². The third-order valence-corrected chi connectivity index (χ3v) is 8.77. The molecule has 1 N–H and O–H groups in total. The van der Waals surface area contributed by atoms with Crippen LogP contribution in [0.4, 0.5) is 5.69 Å². The van der Waals surface area contributed by atoms with E-state index in [9.17, 15) is 18.0 Å². The minimum Gasteiger partial charge on any atom is -0.352 e. The predicted molar refractivity (Wildman–Crippen MR) is 154 cm³/mol. The molecule has 0 heterocycles. The highest BCUT2D eigenvalue weighted by molar-refractivity contribution is 7.92. The molecule has 1 fully saturated rings. The number of carbonyl (C=O) groups excluding carboxylic acids is 2. The third kappa shape index (κ3) is 8.06. The Morgan fingerprint density at radius 1 is 1.00 bits per heavy atom. The first kappa shape index (κ1) is 29.7. The fourth-order valence-electron chi connectivity index (χ4n) is 5.03. The van der Waals surface area contributed by atoms with Crippen LogP contribution in [0.5, 0.6) is 0 Å². The van der Waals surface area contributed by atoms with Gasteiger partial charge < -0.3 is 10.2 Å². The lowest BCUT2D eigenvalue weighted by atomic mass is 9.95. The van der Waals surface area contributed by atoms with E-state index < -0.39 is 16.1 Å². The first-order valence-corrected chi connectivity index (χ1v) is 15.5. The average Bonchev–Trinajstić information content (AvgIpc) is 2.87. The number of hydrogen-bond donors (Lipinski definition) is 1. The first-order valence-electron chi connectivity index (χ1n) is 13.7. The van der Waals surface area contributed by atoms with Gasteiger partial charge in [0.2, 0.25) is 21.8 Å². The number of rotatable bonds is 11. The van der Waals surface area contributed by atoms with Crippen molar-refractivity contribution in [3.05, 3.63) is 64.7 Å². The molecule has 1 aliphatic carbocycles. The van der Waals surface area contributed by atoms with Crippen molar-refractivity contribution in [2.24, 2.45) is 0 Å². The third-order valence-electron chi connectivity index (χ3n) is 7.59. The fraction of sp³-hybridized carbons (Fsp3) is 0.533. The standard InChI is InChI=1S/C30H43N3O4S/c1-22-16-18-26(19-17-22)21-32(25(4)30(35)31-27-12-7-6-8-13-27)29(34)15-10-20-33(38(5,36)37)28-14-9-11-23(2)24(28)3/h9,11,14,16-19,25,27H,6-8,10,12-13,15,20-21H2,1-5H3,(H,31,35)/t25-/m1/s1. The first-order chi connectivity index (χ1) is 18.0. The topological polar surface area (TPSA) is 86.8 Å². The number of carbonyl (C=O) groups is 2. The monoisotopic (exact) mass is 541 g/mol. The van der Waals surface area contributed by atoms with Gasteiger partial charge in [-0.25, -0.2) is 8.42 Å². The van der Waals surface area contributed by atoms with Crippen molar-refractivity contribution in [2.45, 2.75) is 91.3 Å². The number of amides is 2. The predicted octanol–water partition coefficient (Wildman–Crippen LogP) is 5.02. The van der Waals surface area contributed by atoms with Gasteiger partial charge in [-0.05, 0) is 69.7 Å². The van der Waals surface area contributed by atoms with Crippen LogP contribution < -0.4 is 9.62 Å². The van der Waals surface area contributed by atoms with E-state index >= 15 is 0 Å². The Morgan fingerprint density at radius 2 is 1.66 bits per heavy atom. The van der Waals surface area contributed by atoms with Crippen LogP contribution in [0.25, 0.3) is 0 Å². The van der Waals surface area contributed by atoms with Gasteiger partial charge in [-0.15, -0.1) is 0 Å². The van der Waals surface area contributed by atoms with Crippen molar-refractivity contribution in [2.75, 3.05) is 17.1 Å². The van der Waals surface area contributed by atoms with Gasteiger partial charge in [-0.1, -0.05) is 61.2 Å². The number of anilines is 1. The van der Waals surface area contributed by atoms with E-state index in [1.807, 2.05) is 57.2 Å².